The highest BCUT2D eigenvalue weighted by atomic mass is 32.1. The van der Waals surface area contributed by atoms with Gasteiger partial charge in [0.1, 0.15) is 5.75 Å². The highest BCUT2D eigenvalue weighted by Gasteiger charge is 2.34. The summed E-state index contributed by atoms with van der Waals surface area (Å²) < 4.78 is 39.1. The lowest BCUT2D eigenvalue weighted by atomic mass is 9.99. The molecule has 0 unspecified atom stereocenters. The summed E-state index contributed by atoms with van der Waals surface area (Å²) in [5.41, 5.74) is -0.425. The predicted octanol–water partition coefficient (Wildman–Crippen LogP) is 3.47. The number of phenols is 1. The first-order valence-electron chi connectivity index (χ1n) is 7.35. The number of halogens is 3. The number of nitrogens with one attached hydrogen (secondary N) is 1. The van der Waals surface area contributed by atoms with E-state index in [1.165, 1.54) is 11.3 Å². The third-order valence-corrected chi connectivity index (χ3v) is 4.90. The molecule has 0 spiro atoms. The van der Waals surface area contributed by atoms with Gasteiger partial charge in [-0.3, -0.25) is 4.90 Å². The zero-order valence-corrected chi connectivity index (χ0v) is 13.1. The summed E-state index contributed by atoms with van der Waals surface area (Å²) >= 11 is 1.49. The lowest BCUT2D eigenvalue weighted by Gasteiger charge is -2.35. The molecule has 23 heavy (non-hydrogen) atoms. The highest BCUT2D eigenvalue weighted by molar-refractivity contribution is 7.10. The van der Waals surface area contributed by atoms with Crippen LogP contribution in [0.3, 0.4) is 0 Å². The molecule has 1 aromatic heterocycles. The van der Waals surface area contributed by atoms with E-state index in [-0.39, 0.29) is 11.8 Å². The van der Waals surface area contributed by atoms with Gasteiger partial charge in [0.15, 0.2) is 0 Å². The van der Waals surface area contributed by atoms with E-state index < -0.39 is 11.7 Å². The van der Waals surface area contributed by atoms with Gasteiger partial charge in [-0.15, -0.1) is 11.3 Å². The summed E-state index contributed by atoms with van der Waals surface area (Å²) in [4.78, 5) is 3.04. The topological polar surface area (TPSA) is 35.5 Å². The van der Waals surface area contributed by atoms with Crippen LogP contribution in [0.1, 0.15) is 22.0 Å². The third-order valence-electron chi connectivity index (χ3n) is 3.98. The molecule has 1 saturated heterocycles. The quantitative estimate of drug-likeness (QED) is 0.897. The van der Waals surface area contributed by atoms with Gasteiger partial charge in [0.25, 0.3) is 0 Å². The minimum absolute atomic E-state index is 0.102. The Morgan fingerprint density at radius 3 is 2.52 bits per heavy atom. The molecule has 3 rings (SSSR count). The number of thiophene rings is 1. The fourth-order valence-corrected chi connectivity index (χ4v) is 3.74. The zero-order chi connectivity index (χ0) is 16.4. The summed E-state index contributed by atoms with van der Waals surface area (Å²) in [7, 11) is 0. The van der Waals surface area contributed by atoms with Gasteiger partial charge in [-0.25, -0.2) is 0 Å². The molecule has 1 aromatic carbocycles. The largest absolute Gasteiger partial charge is 0.508 e. The van der Waals surface area contributed by atoms with Gasteiger partial charge in [0.05, 0.1) is 11.6 Å². The standard InChI is InChI=1S/C16H17F3N2OS/c17-16(18,19)11-3-4-13(22)12(10-11)15(14-2-1-9-23-14)21-7-5-20-6-8-21/h1-4,9-10,15,20,22H,5-8H2/t15-/m1/s1. The van der Waals surface area contributed by atoms with E-state index in [2.05, 4.69) is 10.2 Å². The first kappa shape index (κ1) is 16.3. The molecule has 1 aliphatic heterocycles. The van der Waals surface area contributed by atoms with Crippen molar-refractivity contribution >= 4 is 11.3 Å². The van der Waals surface area contributed by atoms with E-state index in [0.29, 0.717) is 5.56 Å². The maximum absolute atomic E-state index is 13.0. The van der Waals surface area contributed by atoms with Crippen LogP contribution in [-0.2, 0) is 6.18 Å². The Hall–Kier alpha value is -1.57. The Morgan fingerprint density at radius 1 is 1.17 bits per heavy atom. The zero-order valence-electron chi connectivity index (χ0n) is 12.3. The fourth-order valence-electron chi connectivity index (χ4n) is 2.87. The number of hydrogen-bond acceptors (Lipinski definition) is 4. The number of alkyl halides is 3. The average Bonchev–Trinajstić information content (AvgIpc) is 3.03. The third kappa shape index (κ3) is 3.52. The lowest BCUT2D eigenvalue weighted by molar-refractivity contribution is -0.137. The van der Waals surface area contributed by atoms with Crippen LogP contribution in [-0.4, -0.2) is 36.2 Å². The van der Waals surface area contributed by atoms with Crippen molar-refractivity contribution in [2.75, 3.05) is 26.2 Å². The number of phenolic OH excluding ortho intramolecular Hbond substituents is 1. The number of piperazine rings is 1. The minimum Gasteiger partial charge on any atom is -0.508 e. The van der Waals surface area contributed by atoms with Crippen LogP contribution < -0.4 is 5.32 Å². The van der Waals surface area contributed by atoms with E-state index in [1.54, 1.807) is 0 Å². The first-order chi connectivity index (χ1) is 11.0. The van der Waals surface area contributed by atoms with Gasteiger partial charge in [0, 0.05) is 36.6 Å². The van der Waals surface area contributed by atoms with E-state index in [9.17, 15) is 18.3 Å². The van der Waals surface area contributed by atoms with Crippen molar-refractivity contribution in [1.82, 2.24) is 10.2 Å². The van der Waals surface area contributed by atoms with Crippen molar-refractivity contribution < 1.29 is 18.3 Å². The summed E-state index contributed by atoms with van der Waals surface area (Å²) in [6.45, 7) is 3.00. The number of benzene rings is 1. The van der Waals surface area contributed by atoms with E-state index in [4.69, 9.17) is 0 Å². The van der Waals surface area contributed by atoms with Crippen LogP contribution in [0.5, 0.6) is 5.75 Å². The molecular weight excluding hydrogens is 325 g/mol. The summed E-state index contributed by atoms with van der Waals surface area (Å²) in [6.07, 6.45) is -4.42. The Labute approximate surface area is 136 Å². The summed E-state index contributed by atoms with van der Waals surface area (Å²) in [5.74, 6) is -0.102. The van der Waals surface area contributed by atoms with Gasteiger partial charge in [0.2, 0.25) is 0 Å². The second-order valence-electron chi connectivity index (χ2n) is 5.48. The maximum Gasteiger partial charge on any atom is 0.416 e. The van der Waals surface area contributed by atoms with Crippen molar-refractivity contribution in [3.8, 4) is 5.75 Å². The van der Waals surface area contributed by atoms with Gasteiger partial charge < -0.3 is 10.4 Å². The first-order valence-corrected chi connectivity index (χ1v) is 8.23. The van der Waals surface area contributed by atoms with Gasteiger partial charge in [-0.05, 0) is 29.6 Å². The number of nitrogens with zero attached hydrogens (tertiary/aromatic N) is 1. The molecular formula is C16H17F3N2OS. The second-order valence-corrected chi connectivity index (χ2v) is 6.45. The minimum atomic E-state index is -4.42. The monoisotopic (exact) mass is 342 g/mol. The van der Waals surface area contributed by atoms with Crippen LogP contribution >= 0.6 is 11.3 Å². The summed E-state index contributed by atoms with van der Waals surface area (Å²) in [5, 5.41) is 15.3. The molecule has 1 atom stereocenters. The van der Waals surface area contributed by atoms with Gasteiger partial charge in [-0.2, -0.15) is 13.2 Å². The molecule has 2 heterocycles. The number of hydrogen-bond donors (Lipinski definition) is 2. The Morgan fingerprint density at radius 2 is 1.91 bits per heavy atom. The highest BCUT2D eigenvalue weighted by Crippen LogP contribution is 2.40. The average molecular weight is 342 g/mol. The lowest BCUT2D eigenvalue weighted by Crippen LogP contribution is -2.45. The smallest absolute Gasteiger partial charge is 0.416 e. The molecule has 2 N–H and O–H groups in total. The SMILES string of the molecule is Oc1ccc(C(F)(F)F)cc1[C@H](c1cccs1)N1CCNCC1. The van der Waals surface area contributed by atoms with Crippen LogP contribution in [0.25, 0.3) is 0 Å². The van der Waals surface area contributed by atoms with Crippen molar-refractivity contribution in [3.63, 3.8) is 0 Å². The van der Waals surface area contributed by atoms with Crippen LogP contribution in [0.15, 0.2) is 35.7 Å². The molecule has 1 fully saturated rings. The molecule has 2 aromatic rings. The second kappa shape index (κ2) is 6.51. The van der Waals surface area contributed by atoms with E-state index in [1.807, 2.05) is 17.5 Å². The van der Waals surface area contributed by atoms with Crippen LogP contribution in [0.2, 0.25) is 0 Å². The van der Waals surface area contributed by atoms with Crippen molar-refractivity contribution in [2.24, 2.45) is 0 Å². The molecule has 7 heteroatoms. The van der Waals surface area contributed by atoms with Crippen molar-refractivity contribution in [2.45, 2.75) is 12.2 Å². The van der Waals surface area contributed by atoms with Crippen molar-refractivity contribution in [1.29, 1.82) is 0 Å². The Kier molecular flexibility index (Phi) is 4.61. The maximum atomic E-state index is 13.0. The van der Waals surface area contributed by atoms with Gasteiger partial charge >= 0.3 is 6.18 Å². The molecule has 0 amide bonds. The fraction of sp³-hybridized carbons (Fsp3) is 0.375. The molecule has 124 valence electrons. The molecule has 0 bridgehead atoms. The van der Waals surface area contributed by atoms with E-state index in [0.717, 1.165) is 49.3 Å². The molecule has 1 aliphatic rings. The van der Waals surface area contributed by atoms with Crippen molar-refractivity contribution in [3.05, 3.63) is 51.7 Å². The predicted molar refractivity (Wildman–Crippen MR) is 83.7 cm³/mol. The summed E-state index contributed by atoms with van der Waals surface area (Å²) in [6, 6.07) is 6.54. The molecule has 3 nitrogen and oxygen atoms in total. The number of aromatic hydroxyl groups is 1. The van der Waals surface area contributed by atoms with E-state index >= 15 is 0 Å². The number of rotatable bonds is 3. The van der Waals surface area contributed by atoms with Crippen LogP contribution in [0.4, 0.5) is 13.2 Å². The Bertz CT molecular complexity index is 652. The molecule has 0 aliphatic carbocycles. The Balaban J connectivity index is 2.06. The van der Waals surface area contributed by atoms with Gasteiger partial charge in [-0.1, -0.05) is 6.07 Å². The van der Waals surface area contributed by atoms with Crippen LogP contribution in [0, 0.1) is 0 Å². The molecule has 0 radical (unpaired) electrons. The normalized spacial score (nSPS) is 18.0. The molecule has 0 saturated carbocycles.